The highest BCUT2D eigenvalue weighted by molar-refractivity contribution is 5.95. The number of nitrogens with one attached hydrogen (secondary N) is 3. The van der Waals surface area contributed by atoms with Gasteiger partial charge >= 0.3 is 11.9 Å². The summed E-state index contributed by atoms with van der Waals surface area (Å²) in [6, 6.07) is 4.21. The van der Waals surface area contributed by atoms with E-state index in [-0.39, 0.29) is 19.4 Å². The summed E-state index contributed by atoms with van der Waals surface area (Å²) in [4.78, 5) is 69.9. The second-order valence-corrected chi connectivity index (χ2v) is 8.83. The van der Waals surface area contributed by atoms with Gasteiger partial charge in [0.25, 0.3) is 0 Å². The number of likely N-dealkylation sites (tertiary alicyclic amines) is 1. The zero-order valence-electron chi connectivity index (χ0n) is 20.0. The van der Waals surface area contributed by atoms with Crippen molar-refractivity contribution in [3.05, 3.63) is 54.1 Å². The van der Waals surface area contributed by atoms with Crippen molar-refractivity contribution in [3.63, 3.8) is 0 Å². The topological polar surface area (TPSA) is 208 Å². The van der Waals surface area contributed by atoms with Gasteiger partial charge < -0.3 is 36.5 Å². The van der Waals surface area contributed by atoms with Crippen molar-refractivity contribution >= 4 is 29.7 Å². The molecule has 1 aliphatic heterocycles. The fourth-order valence-corrected chi connectivity index (χ4v) is 4.19. The van der Waals surface area contributed by atoms with E-state index in [4.69, 9.17) is 10.8 Å². The Morgan fingerprint density at radius 1 is 1.05 bits per heavy atom. The Balaban J connectivity index is 1.83. The Bertz CT molecular complexity index is 1110. The minimum atomic E-state index is -1.39. The minimum Gasteiger partial charge on any atom is -0.481 e. The molecule has 0 spiro atoms. The van der Waals surface area contributed by atoms with Crippen LogP contribution in [0.5, 0.6) is 0 Å². The molecule has 4 unspecified atom stereocenters. The van der Waals surface area contributed by atoms with E-state index in [9.17, 15) is 29.1 Å². The fraction of sp³-hybridized carbons (Fsp3) is 0.417. The van der Waals surface area contributed by atoms with E-state index in [1.165, 1.54) is 17.4 Å². The molecule has 13 heteroatoms. The number of nitrogens with two attached hydrogens (primary N) is 1. The van der Waals surface area contributed by atoms with Crippen LogP contribution in [-0.4, -0.2) is 85.5 Å². The van der Waals surface area contributed by atoms with Gasteiger partial charge in [0.15, 0.2) is 0 Å². The first kappa shape index (κ1) is 27.3. The number of benzene rings is 1. The smallest absolute Gasteiger partial charge is 0.326 e. The molecule has 0 aliphatic carbocycles. The number of imidazole rings is 1. The fourth-order valence-electron chi connectivity index (χ4n) is 4.19. The second kappa shape index (κ2) is 12.6. The molecule has 3 amide bonds. The number of hydrogen-bond donors (Lipinski definition) is 6. The number of carbonyl (C=O) groups is 5. The highest BCUT2D eigenvalue weighted by atomic mass is 16.4. The van der Waals surface area contributed by atoms with Gasteiger partial charge in [-0.1, -0.05) is 30.3 Å². The number of hydrogen-bond acceptors (Lipinski definition) is 7. The van der Waals surface area contributed by atoms with Crippen LogP contribution in [0.15, 0.2) is 42.9 Å². The normalized spacial score (nSPS) is 17.4. The summed E-state index contributed by atoms with van der Waals surface area (Å²) in [6.45, 7) is 0.245. The van der Waals surface area contributed by atoms with E-state index in [1.54, 1.807) is 30.3 Å². The number of aliphatic carboxylic acids is 2. The third-order valence-corrected chi connectivity index (χ3v) is 6.06. The lowest BCUT2D eigenvalue weighted by atomic mass is 10.0. The Kier molecular flexibility index (Phi) is 9.33. The van der Waals surface area contributed by atoms with Crippen molar-refractivity contribution in [1.82, 2.24) is 25.5 Å². The van der Waals surface area contributed by atoms with Gasteiger partial charge in [0.1, 0.15) is 18.1 Å². The van der Waals surface area contributed by atoms with Crippen LogP contribution in [0.2, 0.25) is 0 Å². The van der Waals surface area contributed by atoms with E-state index >= 15 is 0 Å². The predicted octanol–water partition coefficient (Wildman–Crippen LogP) is -0.958. The van der Waals surface area contributed by atoms with Crippen LogP contribution in [0, 0.1) is 0 Å². The molecule has 198 valence electrons. The highest BCUT2D eigenvalue weighted by Crippen LogP contribution is 2.20. The molecule has 2 heterocycles. The molecule has 7 N–H and O–H groups in total. The quantitative estimate of drug-likeness (QED) is 0.206. The maximum Gasteiger partial charge on any atom is 0.326 e. The Morgan fingerprint density at radius 3 is 2.38 bits per heavy atom. The summed E-state index contributed by atoms with van der Waals surface area (Å²) in [5.74, 6) is -4.50. The molecule has 4 atom stereocenters. The van der Waals surface area contributed by atoms with Gasteiger partial charge in [-0.05, 0) is 18.4 Å². The van der Waals surface area contributed by atoms with E-state index in [1.807, 2.05) is 0 Å². The number of carboxylic acid groups (broad SMARTS) is 2. The van der Waals surface area contributed by atoms with Gasteiger partial charge in [-0.25, -0.2) is 9.78 Å². The average molecular weight is 515 g/mol. The minimum absolute atomic E-state index is 0.0366. The predicted molar refractivity (Wildman–Crippen MR) is 129 cm³/mol. The standard InChI is InChI=1S/C24H30N6O7/c25-16(11-20(31)32)21(33)28-17(10-15-12-26-13-27-15)22(34)29-18(9-14-5-2-1-3-6-14)23(35)30-8-4-7-19(30)24(36)37/h1-3,5-6,12-13,16-19H,4,7-11,25H2,(H,26,27)(H,28,33)(H,29,34)(H,31,32)(H,36,37). The van der Waals surface area contributed by atoms with Gasteiger partial charge in [0, 0.05) is 31.3 Å². The van der Waals surface area contributed by atoms with Gasteiger partial charge in [0.2, 0.25) is 17.7 Å². The van der Waals surface area contributed by atoms with Gasteiger partial charge in [0.05, 0.1) is 18.8 Å². The molecule has 13 nitrogen and oxygen atoms in total. The zero-order valence-corrected chi connectivity index (χ0v) is 20.0. The molecular formula is C24H30N6O7. The Morgan fingerprint density at radius 2 is 1.76 bits per heavy atom. The number of amides is 3. The molecule has 2 aromatic rings. The van der Waals surface area contributed by atoms with Crippen LogP contribution >= 0.6 is 0 Å². The Hall–Kier alpha value is -4.26. The summed E-state index contributed by atoms with van der Waals surface area (Å²) in [6.07, 6.45) is 3.11. The van der Waals surface area contributed by atoms with Crippen molar-refractivity contribution < 1.29 is 34.2 Å². The number of H-pyrrole nitrogens is 1. The van der Waals surface area contributed by atoms with Gasteiger partial charge in [-0.3, -0.25) is 19.2 Å². The van der Waals surface area contributed by atoms with Crippen LogP contribution in [-0.2, 0) is 36.8 Å². The number of rotatable bonds is 12. The molecule has 3 rings (SSSR count). The molecule has 1 aromatic carbocycles. The summed E-state index contributed by atoms with van der Waals surface area (Å²) in [5.41, 5.74) is 6.90. The highest BCUT2D eigenvalue weighted by Gasteiger charge is 2.38. The van der Waals surface area contributed by atoms with Crippen molar-refractivity contribution in [3.8, 4) is 0 Å². The van der Waals surface area contributed by atoms with E-state index in [0.717, 1.165) is 5.56 Å². The lowest BCUT2D eigenvalue weighted by Gasteiger charge is -2.29. The molecule has 1 fully saturated rings. The molecule has 37 heavy (non-hydrogen) atoms. The van der Waals surface area contributed by atoms with Crippen LogP contribution in [0.4, 0.5) is 0 Å². The maximum atomic E-state index is 13.5. The van der Waals surface area contributed by atoms with Gasteiger partial charge in [-0.15, -0.1) is 0 Å². The summed E-state index contributed by atoms with van der Waals surface area (Å²) in [7, 11) is 0. The first-order valence-corrected chi connectivity index (χ1v) is 11.8. The number of nitrogens with zero attached hydrogens (tertiary/aromatic N) is 2. The van der Waals surface area contributed by atoms with E-state index in [2.05, 4.69) is 20.6 Å². The van der Waals surface area contributed by atoms with Crippen LogP contribution in [0.3, 0.4) is 0 Å². The summed E-state index contributed by atoms with van der Waals surface area (Å²) < 4.78 is 0. The summed E-state index contributed by atoms with van der Waals surface area (Å²) >= 11 is 0. The average Bonchev–Trinajstić information content (AvgIpc) is 3.55. The number of aromatic amines is 1. The third kappa shape index (κ3) is 7.61. The van der Waals surface area contributed by atoms with Crippen LogP contribution in [0.1, 0.15) is 30.5 Å². The number of carbonyl (C=O) groups excluding carboxylic acids is 3. The van der Waals surface area contributed by atoms with Crippen molar-refractivity contribution in [2.75, 3.05) is 6.54 Å². The molecule has 0 saturated carbocycles. The van der Waals surface area contributed by atoms with Crippen molar-refractivity contribution in [2.45, 2.75) is 56.3 Å². The van der Waals surface area contributed by atoms with Crippen LogP contribution < -0.4 is 16.4 Å². The molecule has 1 aliphatic rings. The molecule has 0 radical (unpaired) electrons. The van der Waals surface area contributed by atoms with Gasteiger partial charge in [-0.2, -0.15) is 0 Å². The monoisotopic (exact) mass is 514 g/mol. The largest absolute Gasteiger partial charge is 0.481 e. The lowest BCUT2D eigenvalue weighted by molar-refractivity contribution is -0.149. The number of carboxylic acids is 2. The number of aromatic nitrogens is 2. The van der Waals surface area contributed by atoms with E-state index < -0.39 is 60.2 Å². The van der Waals surface area contributed by atoms with Crippen LogP contribution in [0.25, 0.3) is 0 Å². The van der Waals surface area contributed by atoms with Crippen molar-refractivity contribution in [1.29, 1.82) is 0 Å². The zero-order chi connectivity index (χ0) is 26.9. The van der Waals surface area contributed by atoms with Crippen molar-refractivity contribution in [2.24, 2.45) is 5.73 Å². The Labute approximate surface area is 212 Å². The maximum absolute atomic E-state index is 13.5. The second-order valence-electron chi connectivity index (χ2n) is 8.83. The first-order chi connectivity index (χ1) is 17.7. The van der Waals surface area contributed by atoms with E-state index in [0.29, 0.717) is 18.5 Å². The third-order valence-electron chi connectivity index (χ3n) is 6.06. The molecular weight excluding hydrogens is 484 g/mol. The molecule has 0 bridgehead atoms. The lowest BCUT2D eigenvalue weighted by Crippen LogP contribution is -2.58. The molecule has 1 saturated heterocycles. The summed E-state index contributed by atoms with van der Waals surface area (Å²) in [5, 5.41) is 23.6. The first-order valence-electron chi connectivity index (χ1n) is 11.8. The molecule has 1 aromatic heterocycles. The SMILES string of the molecule is NC(CC(=O)O)C(=O)NC(Cc1cnc[nH]1)C(=O)NC(Cc1ccccc1)C(=O)N1CCCC1C(=O)O.